The number of hydrogen-bond donors (Lipinski definition) is 0. The number of halogens is 1. The summed E-state index contributed by atoms with van der Waals surface area (Å²) in [5.41, 5.74) is 0.873. The van der Waals surface area contributed by atoms with Gasteiger partial charge in [-0.05, 0) is 62.6 Å². The first-order valence-electron chi connectivity index (χ1n) is 7.52. The largest absolute Gasteiger partial charge is 0.485 e. The van der Waals surface area contributed by atoms with Gasteiger partial charge in [0, 0.05) is 0 Å². The maximum Gasteiger partial charge on any atom is 0.165 e. The number of benzene rings is 1. The van der Waals surface area contributed by atoms with Crippen LogP contribution in [0.2, 0.25) is 0 Å². The van der Waals surface area contributed by atoms with Crippen LogP contribution in [0.3, 0.4) is 0 Å². The Balaban J connectivity index is 2.12. The lowest BCUT2D eigenvalue weighted by molar-refractivity contribution is 0.0447. The van der Waals surface area contributed by atoms with Crippen molar-refractivity contribution in [1.29, 1.82) is 0 Å². The molecule has 0 heterocycles. The fraction of sp³-hybridized carbons (Fsp3) is 0.647. The number of rotatable bonds is 4. The first-order chi connectivity index (χ1) is 9.04. The molecule has 0 saturated heterocycles. The molecule has 0 N–H and O–H groups in total. The van der Waals surface area contributed by atoms with Crippen molar-refractivity contribution >= 4 is 0 Å². The monoisotopic (exact) mass is 264 g/mol. The minimum Gasteiger partial charge on any atom is -0.485 e. The molecular formula is C17H25FO. The smallest absolute Gasteiger partial charge is 0.165 e. The molecule has 0 bridgehead atoms. The maximum atomic E-state index is 14.1. The molecule has 1 aliphatic carbocycles. The second-order valence-corrected chi connectivity index (χ2v) is 6.11. The summed E-state index contributed by atoms with van der Waals surface area (Å²) in [4.78, 5) is 0. The molecule has 0 aliphatic heterocycles. The van der Waals surface area contributed by atoms with Crippen molar-refractivity contribution in [2.45, 2.75) is 70.8 Å². The molecule has 2 rings (SSSR count). The Hall–Kier alpha value is -1.05. The van der Waals surface area contributed by atoms with Crippen molar-refractivity contribution < 1.29 is 9.13 Å². The molecule has 106 valence electrons. The molecule has 2 heteroatoms. The van der Waals surface area contributed by atoms with Gasteiger partial charge in [0.05, 0.1) is 0 Å². The first kappa shape index (κ1) is 14.4. The summed E-state index contributed by atoms with van der Waals surface area (Å²) in [6.07, 6.45) is 6.72. The van der Waals surface area contributed by atoms with Gasteiger partial charge in [-0.1, -0.05) is 26.3 Å². The second-order valence-electron chi connectivity index (χ2n) is 6.11. The molecule has 1 nitrogen and oxygen atoms in total. The topological polar surface area (TPSA) is 9.23 Å². The predicted octanol–water partition coefficient (Wildman–Crippen LogP) is 5.44. The Morgan fingerprint density at radius 3 is 2.53 bits per heavy atom. The third kappa shape index (κ3) is 3.49. The molecule has 0 amide bonds. The average Bonchev–Trinajstić information content (AvgIpc) is 2.41. The maximum absolute atomic E-state index is 14.1. The molecule has 19 heavy (non-hydrogen) atoms. The lowest BCUT2D eigenvalue weighted by Crippen LogP contribution is -2.34. The van der Waals surface area contributed by atoms with Gasteiger partial charge in [0.15, 0.2) is 11.6 Å². The van der Waals surface area contributed by atoms with Crippen molar-refractivity contribution in [2.75, 3.05) is 0 Å². The van der Waals surface area contributed by atoms with E-state index in [-0.39, 0.29) is 11.4 Å². The highest BCUT2D eigenvalue weighted by Gasteiger charge is 2.29. The average molecular weight is 264 g/mol. The van der Waals surface area contributed by atoms with Crippen LogP contribution >= 0.6 is 0 Å². The third-order valence-electron chi connectivity index (χ3n) is 4.40. The molecule has 1 aromatic rings. The zero-order chi connectivity index (χ0) is 13.9. The zero-order valence-electron chi connectivity index (χ0n) is 12.3. The summed E-state index contributed by atoms with van der Waals surface area (Å²) < 4.78 is 20.1. The quantitative estimate of drug-likeness (QED) is 0.703. The predicted molar refractivity (Wildman–Crippen MR) is 77.2 cm³/mol. The number of hydrogen-bond acceptors (Lipinski definition) is 1. The Kier molecular flexibility index (Phi) is 4.49. The van der Waals surface area contributed by atoms with Crippen molar-refractivity contribution in [3.8, 4) is 5.75 Å². The highest BCUT2D eigenvalue weighted by molar-refractivity contribution is 5.31. The fourth-order valence-corrected chi connectivity index (χ4v) is 2.81. The van der Waals surface area contributed by atoms with Gasteiger partial charge in [-0.3, -0.25) is 0 Å². The molecule has 1 unspecified atom stereocenters. The van der Waals surface area contributed by atoms with Crippen LogP contribution in [0.4, 0.5) is 4.39 Å². The van der Waals surface area contributed by atoms with E-state index in [4.69, 9.17) is 4.74 Å². The van der Waals surface area contributed by atoms with Crippen LogP contribution in [0.15, 0.2) is 18.2 Å². The van der Waals surface area contributed by atoms with Gasteiger partial charge in [0.1, 0.15) is 5.60 Å². The van der Waals surface area contributed by atoms with Crippen molar-refractivity contribution in [2.24, 2.45) is 0 Å². The summed E-state index contributed by atoms with van der Waals surface area (Å²) >= 11 is 0. The molecule has 1 atom stereocenters. The number of ether oxygens (including phenoxy) is 1. The molecule has 0 radical (unpaired) electrons. The van der Waals surface area contributed by atoms with Gasteiger partial charge in [0.2, 0.25) is 0 Å². The van der Waals surface area contributed by atoms with Crippen LogP contribution in [-0.4, -0.2) is 5.60 Å². The lowest BCUT2D eigenvalue weighted by Gasteiger charge is -2.34. The third-order valence-corrected chi connectivity index (χ3v) is 4.40. The molecule has 1 fully saturated rings. The lowest BCUT2D eigenvalue weighted by atomic mass is 9.86. The van der Waals surface area contributed by atoms with E-state index in [0.29, 0.717) is 11.7 Å². The van der Waals surface area contributed by atoms with Gasteiger partial charge in [-0.15, -0.1) is 0 Å². The van der Waals surface area contributed by atoms with Gasteiger partial charge in [0.25, 0.3) is 0 Å². The van der Waals surface area contributed by atoms with E-state index in [1.54, 1.807) is 12.1 Å². The Morgan fingerprint density at radius 2 is 1.95 bits per heavy atom. The van der Waals surface area contributed by atoms with Gasteiger partial charge in [-0.25, -0.2) is 4.39 Å². The van der Waals surface area contributed by atoms with Gasteiger partial charge < -0.3 is 4.74 Å². The summed E-state index contributed by atoms with van der Waals surface area (Å²) in [6, 6.07) is 5.44. The second kappa shape index (κ2) is 5.94. The standard InChI is InChI=1S/C17H25FO/c1-4-13(2)14-8-9-16(15(18)12-14)19-17(3)10-6-5-7-11-17/h8-9,12-13H,4-7,10-11H2,1-3H3. The SMILES string of the molecule is CCC(C)c1ccc(OC2(C)CCCCC2)c(F)c1. The van der Waals surface area contributed by atoms with E-state index >= 15 is 0 Å². The molecular weight excluding hydrogens is 239 g/mol. The van der Waals surface area contributed by atoms with Gasteiger partial charge in [-0.2, -0.15) is 0 Å². The van der Waals surface area contributed by atoms with E-state index in [9.17, 15) is 4.39 Å². The van der Waals surface area contributed by atoms with E-state index in [2.05, 4.69) is 20.8 Å². The molecule has 0 aromatic heterocycles. The van der Waals surface area contributed by atoms with Crippen LogP contribution in [0.5, 0.6) is 5.75 Å². The first-order valence-corrected chi connectivity index (χ1v) is 7.52. The fourth-order valence-electron chi connectivity index (χ4n) is 2.81. The Labute approximate surface area is 116 Å². The molecule has 1 aromatic carbocycles. The van der Waals surface area contributed by atoms with E-state index < -0.39 is 0 Å². The Bertz CT molecular complexity index is 421. The highest BCUT2D eigenvalue weighted by Crippen LogP contribution is 2.34. The van der Waals surface area contributed by atoms with Crippen LogP contribution in [-0.2, 0) is 0 Å². The van der Waals surface area contributed by atoms with E-state index in [1.807, 2.05) is 6.07 Å². The minimum atomic E-state index is -0.218. The van der Waals surface area contributed by atoms with Crippen molar-refractivity contribution in [1.82, 2.24) is 0 Å². The summed E-state index contributed by atoms with van der Waals surface area (Å²) in [5, 5.41) is 0. The summed E-state index contributed by atoms with van der Waals surface area (Å²) in [7, 11) is 0. The van der Waals surface area contributed by atoms with Crippen LogP contribution in [0, 0.1) is 5.82 Å². The van der Waals surface area contributed by atoms with Crippen LogP contribution < -0.4 is 4.74 Å². The van der Waals surface area contributed by atoms with Gasteiger partial charge >= 0.3 is 0 Å². The molecule has 1 saturated carbocycles. The molecule has 0 spiro atoms. The van der Waals surface area contributed by atoms with E-state index in [1.165, 1.54) is 19.3 Å². The van der Waals surface area contributed by atoms with Crippen LogP contribution in [0.1, 0.15) is 70.8 Å². The highest BCUT2D eigenvalue weighted by atomic mass is 19.1. The van der Waals surface area contributed by atoms with Crippen LogP contribution in [0.25, 0.3) is 0 Å². The van der Waals surface area contributed by atoms with E-state index in [0.717, 1.165) is 24.8 Å². The Morgan fingerprint density at radius 1 is 1.26 bits per heavy atom. The van der Waals surface area contributed by atoms with Crippen molar-refractivity contribution in [3.63, 3.8) is 0 Å². The summed E-state index contributed by atoms with van der Waals surface area (Å²) in [5.74, 6) is 0.592. The molecule has 1 aliphatic rings. The minimum absolute atomic E-state index is 0.184. The normalized spacial score (nSPS) is 20.0. The summed E-state index contributed by atoms with van der Waals surface area (Å²) in [6.45, 7) is 6.35. The zero-order valence-corrected chi connectivity index (χ0v) is 12.3. The van der Waals surface area contributed by atoms with Crippen molar-refractivity contribution in [3.05, 3.63) is 29.6 Å².